The summed E-state index contributed by atoms with van der Waals surface area (Å²) in [6.07, 6.45) is -4.02. The number of hydrogen-bond donors (Lipinski definition) is 1. The molecule has 1 aromatic carbocycles. The van der Waals surface area contributed by atoms with Crippen molar-refractivity contribution in [2.75, 3.05) is 44.2 Å². The van der Waals surface area contributed by atoms with Gasteiger partial charge in [0, 0.05) is 38.4 Å². The summed E-state index contributed by atoms with van der Waals surface area (Å²) in [5, 5.41) is 10.2. The van der Waals surface area contributed by atoms with Crippen LogP contribution in [-0.2, 0) is 10.9 Å². The summed E-state index contributed by atoms with van der Waals surface area (Å²) < 4.78 is 44.3. The van der Waals surface area contributed by atoms with Crippen LogP contribution in [0.2, 0.25) is 0 Å². The normalized spacial score (nSPS) is 18.2. The second-order valence-corrected chi connectivity index (χ2v) is 7.41. The number of ether oxygens (including phenoxy) is 1. The van der Waals surface area contributed by atoms with E-state index in [2.05, 4.69) is 4.90 Å². The van der Waals surface area contributed by atoms with Crippen LogP contribution in [-0.4, -0.2) is 61.0 Å². The Morgan fingerprint density at radius 2 is 1.81 bits per heavy atom. The number of benzene rings is 1. The molecule has 1 aromatic rings. The third-order valence-electron chi connectivity index (χ3n) is 4.90. The number of nitrogens with zero attached hydrogens (tertiary/aromatic N) is 2. The van der Waals surface area contributed by atoms with Crippen LogP contribution in [0.4, 0.5) is 18.9 Å². The summed E-state index contributed by atoms with van der Waals surface area (Å²) in [6.45, 7) is 9.49. The van der Waals surface area contributed by atoms with E-state index >= 15 is 0 Å². The zero-order valence-electron chi connectivity index (χ0n) is 15.7. The van der Waals surface area contributed by atoms with Crippen LogP contribution < -0.4 is 4.90 Å². The lowest BCUT2D eigenvalue weighted by molar-refractivity contribution is -0.137. The number of halogens is 3. The van der Waals surface area contributed by atoms with E-state index in [1.54, 1.807) is 6.07 Å². The number of anilines is 1. The third kappa shape index (κ3) is 6.14. The minimum atomic E-state index is -4.33. The molecule has 26 heavy (non-hydrogen) atoms. The Morgan fingerprint density at radius 3 is 2.38 bits per heavy atom. The summed E-state index contributed by atoms with van der Waals surface area (Å²) in [6, 6.07) is 5.45. The molecule has 0 saturated carbocycles. The maximum atomic E-state index is 12.9. The highest BCUT2D eigenvalue weighted by atomic mass is 19.4. The number of alkyl halides is 3. The lowest BCUT2D eigenvalue weighted by atomic mass is 10.1. The first-order valence-corrected chi connectivity index (χ1v) is 9.07. The second kappa shape index (κ2) is 8.59. The van der Waals surface area contributed by atoms with Gasteiger partial charge in [-0.05, 0) is 38.5 Å². The van der Waals surface area contributed by atoms with Gasteiger partial charge in [-0.1, -0.05) is 13.0 Å². The van der Waals surface area contributed by atoms with Gasteiger partial charge >= 0.3 is 6.18 Å². The molecule has 0 bridgehead atoms. The fourth-order valence-electron chi connectivity index (χ4n) is 2.84. The van der Waals surface area contributed by atoms with Crippen LogP contribution in [0.1, 0.15) is 32.8 Å². The van der Waals surface area contributed by atoms with Gasteiger partial charge in [-0.25, -0.2) is 0 Å². The molecule has 0 amide bonds. The molecule has 0 unspecified atom stereocenters. The minimum Gasteiger partial charge on any atom is -0.389 e. The molecule has 1 fully saturated rings. The molecule has 7 heteroatoms. The molecular formula is C19H29F3N2O2. The molecule has 4 nitrogen and oxygen atoms in total. The number of rotatable bonds is 7. The Hall–Kier alpha value is -1.31. The van der Waals surface area contributed by atoms with Crippen molar-refractivity contribution in [1.82, 2.24) is 4.90 Å². The molecular weight excluding hydrogens is 345 g/mol. The van der Waals surface area contributed by atoms with E-state index in [1.165, 1.54) is 12.1 Å². The molecule has 1 aliphatic rings. The van der Waals surface area contributed by atoms with Crippen molar-refractivity contribution in [3.63, 3.8) is 0 Å². The van der Waals surface area contributed by atoms with Crippen molar-refractivity contribution in [3.8, 4) is 0 Å². The lowest BCUT2D eigenvalue weighted by Crippen LogP contribution is -2.49. The van der Waals surface area contributed by atoms with Gasteiger partial charge in [-0.2, -0.15) is 13.2 Å². The van der Waals surface area contributed by atoms with E-state index in [0.29, 0.717) is 38.4 Å². The largest absolute Gasteiger partial charge is 0.416 e. The smallest absolute Gasteiger partial charge is 0.389 e. The highest BCUT2D eigenvalue weighted by Gasteiger charge is 2.31. The maximum absolute atomic E-state index is 12.9. The summed E-state index contributed by atoms with van der Waals surface area (Å²) >= 11 is 0. The first kappa shape index (κ1) is 21.0. The van der Waals surface area contributed by atoms with Gasteiger partial charge in [0.15, 0.2) is 0 Å². The molecule has 0 radical (unpaired) electrons. The topological polar surface area (TPSA) is 35.9 Å². The zero-order valence-corrected chi connectivity index (χ0v) is 15.7. The van der Waals surface area contributed by atoms with Gasteiger partial charge < -0.3 is 14.7 Å². The highest BCUT2D eigenvalue weighted by molar-refractivity contribution is 5.49. The van der Waals surface area contributed by atoms with Crippen LogP contribution in [0.15, 0.2) is 24.3 Å². The predicted octanol–water partition coefficient (Wildman–Crippen LogP) is 3.39. The van der Waals surface area contributed by atoms with E-state index in [-0.39, 0.29) is 12.2 Å². The zero-order chi connectivity index (χ0) is 19.4. The van der Waals surface area contributed by atoms with Crippen LogP contribution in [0, 0.1) is 0 Å². The van der Waals surface area contributed by atoms with Gasteiger partial charge in [0.1, 0.15) is 0 Å². The Morgan fingerprint density at radius 1 is 1.15 bits per heavy atom. The summed E-state index contributed by atoms with van der Waals surface area (Å²) in [7, 11) is 0. The van der Waals surface area contributed by atoms with E-state index in [4.69, 9.17) is 4.74 Å². The van der Waals surface area contributed by atoms with Crippen molar-refractivity contribution in [2.45, 2.75) is 45.1 Å². The van der Waals surface area contributed by atoms with Gasteiger partial charge in [-0.3, -0.25) is 4.90 Å². The number of β-amino-alcohol motifs (C(OH)–C–C–N with tert-alkyl or cyclic N) is 1. The van der Waals surface area contributed by atoms with Crippen LogP contribution in [0.25, 0.3) is 0 Å². The molecule has 1 heterocycles. The van der Waals surface area contributed by atoms with Gasteiger partial charge in [0.25, 0.3) is 0 Å². The molecule has 148 valence electrons. The summed E-state index contributed by atoms with van der Waals surface area (Å²) in [5.74, 6) is 0. The van der Waals surface area contributed by atoms with Gasteiger partial charge in [-0.15, -0.1) is 0 Å². The fourth-order valence-corrected chi connectivity index (χ4v) is 2.84. The lowest BCUT2D eigenvalue weighted by Gasteiger charge is -2.37. The number of hydrogen-bond acceptors (Lipinski definition) is 4. The van der Waals surface area contributed by atoms with Crippen molar-refractivity contribution in [2.24, 2.45) is 0 Å². The van der Waals surface area contributed by atoms with Crippen molar-refractivity contribution in [3.05, 3.63) is 29.8 Å². The van der Waals surface area contributed by atoms with E-state index < -0.39 is 17.8 Å². The third-order valence-corrected chi connectivity index (χ3v) is 4.90. The van der Waals surface area contributed by atoms with Gasteiger partial charge in [0.2, 0.25) is 0 Å². The predicted molar refractivity (Wildman–Crippen MR) is 96.4 cm³/mol. The van der Waals surface area contributed by atoms with Gasteiger partial charge in [0.05, 0.1) is 23.9 Å². The molecule has 1 N–H and O–H groups in total. The van der Waals surface area contributed by atoms with Crippen LogP contribution >= 0.6 is 0 Å². The summed E-state index contributed by atoms with van der Waals surface area (Å²) in [5.41, 5.74) is -0.278. The number of aliphatic hydroxyl groups is 1. The van der Waals surface area contributed by atoms with Crippen LogP contribution in [0.3, 0.4) is 0 Å². The Bertz CT molecular complexity index is 570. The van der Waals surface area contributed by atoms with Crippen LogP contribution in [0.5, 0.6) is 0 Å². The minimum absolute atomic E-state index is 0.247. The van der Waals surface area contributed by atoms with Crippen molar-refractivity contribution >= 4 is 5.69 Å². The molecule has 0 spiro atoms. The number of piperazine rings is 1. The van der Waals surface area contributed by atoms with Crippen molar-refractivity contribution in [1.29, 1.82) is 0 Å². The number of aliphatic hydroxyl groups excluding tert-OH is 1. The first-order valence-electron chi connectivity index (χ1n) is 9.07. The monoisotopic (exact) mass is 374 g/mol. The van der Waals surface area contributed by atoms with E-state index in [1.807, 2.05) is 25.7 Å². The van der Waals surface area contributed by atoms with E-state index in [9.17, 15) is 18.3 Å². The maximum Gasteiger partial charge on any atom is 0.416 e. The first-order chi connectivity index (χ1) is 12.1. The Balaban J connectivity index is 1.82. The average molecular weight is 374 g/mol. The molecule has 0 aliphatic carbocycles. The molecule has 0 aromatic heterocycles. The highest BCUT2D eigenvalue weighted by Crippen LogP contribution is 2.31. The Labute approximate surface area is 153 Å². The standard InChI is InChI=1S/C19H29F3N2O2/c1-4-18(2,3)26-14-17(25)13-23-8-10-24(11-9-23)16-7-5-6-15(12-16)19(20,21)22/h5-7,12,17,25H,4,8-11,13-14H2,1-3H3/t17-/m0/s1. The quantitative estimate of drug-likeness (QED) is 0.794. The fraction of sp³-hybridized carbons (Fsp3) is 0.684. The molecule has 1 atom stereocenters. The molecule has 2 rings (SSSR count). The SMILES string of the molecule is CCC(C)(C)OC[C@@H](O)CN1CCN(c2cccc(C(F)(F)F)c2)CC1. The average Bonchev–Trinajstić information content (AvgIpc) is 2.60. The summed E-state index contributed by atoms with van der Waals surface area (Å²) in [4.78, 5) is 4.08. The van der Waals surface area contributed by atoms with Crippen molar-refractivity contribution < 1.29 is 23.0 Å². The second-order valence-electron chi connectivity index (χ2n) is 7.41. The molecule has 1 saturated heterocycles. The molecule has 1 aliphatic heterocycles. The van der Waals surface area contributed by atoms with E-state index in [0.717, 1.165) is 12.5 Å². The Kier molecular flexibility index (Phi) is 6.93.